The molecule has 0 amide bonds. The van der Waals surface area contributed by atoms with Crippen molar-refractivity contribution in [3.05, 3.63) is 0 Å². The number of rotatable bonds is 0. The molecule has 14 heteroatoms. The Morgan fingerprint density at radius 3 is 0.643 bits per heavy atom. The summed E-state index contributed by atoms with van der Waals surface area (Å²) < 4.78 is 63.2. The molecule has 0 fully saturated rings. The summed E-state index contributed by atoms with van der Waals surface area (Å²) in [7, 11) is -9.33. The predicted molar refractivity (Wildman–Crippen MR) is 49.1 cm³/mol. The number of hydrogen-bond acceptors (Lipinski definition) is 5. The van der Waals surface area contributed by atoms with Gasteiger partial charge in [0.25, 0.3) is 0 Å². The minimum absolute atomic E-state index is 0. The summed E-state index contributed by atoms with van der Waals surface area (Å²) in [6.45, 7) is 0. The Kier molecular flexibility index (Phi) is 36.0. The SMILES string of the molecule is N.O.O.O=S(=O)(O)O.O=S(=O)(O)O.[CaH2]. The van der Waals surface area contributed by atoms with Crippen LogP contribution in [-0.4, -0.2) is 83.7 Å². The van der Waals surface area contributed by atoms with Gasteiger partial charge in [0.05, 0.1) is 0 Å². The van der Waals surface area contributed by atoms with Crippen molar-refractivity contribution in [1.82, 2.24) is 6.15 Å². The second-order valence-electron chi connectivity index (χ2n) is 0.896. The molecule has 11 N–H and O–H groups in total. The molecule has 0 bridgehead atoms. The molecule has 0 atom stereocenters. The third kappa shape index (κ3) is 2350. The third-order valence-electron chi connectivity index (χ3n) is 0. The molecular weight excluding hydrogens is 278 g/mol. The van der Waals surface area contributed by atoms with Gasteiger partial charge in [-0.2, -0.15) is 16.8 Å². The minimum atomic E-state index is -4.67. The van der Waals surface area contributed by atoms with Crippen molar-refractivity contribution >= 4 is 58.5 Å². The van der Waals surface area contributed by atoms with Crippen molar-refractivity contribution < 1.29 is 46.0 Å². The van der Waals surface area contributed by atoms with Crippen LogP contribution < -0.4 is 6.15 Å². The first-order valence-corrected chi connectivity index (χ1v) is 4.19. The second kappa shape index (κ2) is 13.9. The zero-order valence-electron chi connectivity index (χ0n) is 5.95. The van der Waals surface area contributed by atoms with Crippen LogP contribution in [0.3, 0.4) is 0 Å². The zero-order valence-corrected chi connectivity index (χ0v) is 7.58. The molecular formula is H13CaNO10S2. The summed E-state index contributed by atoms with van der Waals surface area (Å²) in [5.74, 6) is 0. The van der Waals surface area contributed by atoms with E-state index in [1.54, 1.807) is 0 Å². The third-order valence-corrected chi connectivity index (χ3v) is 0. The van der Waals surface area contributed by atoms with E-state index in [0.29, 0.717) is 0 Å². The van der Waals surface area contributed by atoms with Gasteiger partial charge >= 0.3 is 58.5 Å². The zero-order chi connectivity index (χ0) is 9.00. The van der Waals surface area contributed by atoms with Gasteiger partial charge < -0.3 is 17.1 Å². The predicted octanol–water partition coefficient (Wildman–Crippen LogP) is -3.71. The summed E-state index contributed by atoms with van der Waals surface area (Å²) in [5.41, 5.74) is 0. The fourth-order valence-corrected chi connectivity index (χ4v) is 0. The maximum absolute atomic E-state index is 8.74. The van der Waals surface area contributed by atoms with Gasteiger partial charge in [0.1, 0.15) is 0 Å². The molecule has 0 saturated carbocycles. The van der Waals surface area contributed by atoms with E-state index >= 15 is 0 Å². The summed E-state index contributed by atoms with van der Waals surface area (Å²) >= 11 is 0. The van der Waals surface area contributed by atoms with Crippen LogP contribution in [0.4, 0.5) is 0 Å². The van der Waals surface area contributed by atoms with Crippen molar-refractivity contribution in [2.45, 2.75) is 0 Å². The molecule has 0 saturated heterocycles. The Balaban J connectivity index is -0.0000000178. The van der Waals surface area contributed by atoms with Crippen LogP contribution in [0.2, 0.25) is 0 Å². The summed E-state index contributed by atoms with van der Waals surface area (Å²) in [5, 5.41) is 0. The fraction of sp³-hybridized carbons (Fsp3) is 0. The summed E-state index contributed by atoms with van der Waals surface area (Å²) in [4.78, 5) is 0. The molecule has 14 heavy (non-hydrogen) atoms. The van der Waals surface area contributed by atoms with Crippen LogP contribution in [0.1, 0.15) is 0 Å². The van der Waals surface area contributed by atoms with Crippen LogP contribution in [0, 0.1) is 0 Å². The molecule has 0 rings (SSSR count). The Labute approximate surface area is 110 Å². The van der Waals surface area contributed by atoms with Crippen molar-refractivity contribution in [3.63, 3.8) is 0 Å². The first-order valence-electron chi connectivity index (χ1n) is 1.40. The van der Waals surface area contributed by atoms with Crippen LogP contribution in [0.25, 0.3) is 0 Å². The first-order chi connectivity index (χ1) is 4.00. The van der Waals surface area contributed by atoms with Gasteiger partial charge in [0, 0.05) is 0 Å². The Morgan fingerprint density at radius 1 is 0.643 bits per heavy atom. The molecule has 0 aromatic rings. The average molecular weight is 291 g/mol. The molecule has 0 radical (unpaired) electrons. The molecule has 0 aliphatic carbocycles. The monoisotopic (exact) mass is 291 g/mol. The summed E-state index contributed by atoms with van der Waals surface area (Å²) in [6.07, 6.45) is 0. The van der Waals surface area contributed by atoms with E-state index in [9.17, 15) is 0 Å². The van der Waals surface area contributed by atoms with Gasteiger partial charge in [-0.25, -0.2) is 0 Å². The quantitative estimate of drug-likeness (QED) is 0.217. The second-order valence-corrected chi connectivity index (χ2v) is 2.69. The van der Waals surface area contributed by atoms with Crippen molar-refractivity contribution in [2.75, 3.05) is 0 Å². The van der Waals surface area contributed by atoms with Crippen molar-refractivity contribution in [2.24, 2.45) is 0 Å². The van der Waals surface area contributed by atoms with E-state index in [-0.39, 0.29) is 54.8 Å². The van der Waals surface area contributed by atoms with E-state index in [4.69, 9.17) is 35.0 Å². The van der Waals surface area contributed by atoms with Gasteiger partial charge in [0.15, 0.2) is 0 Å². The first kappa shape index (κ1) is 36.4. The molecule has 0 aromatic heterocycles. The van der Waals surface area contributed by atoms with Crippen LogP contribution >= 0.6 is 0 Å². The average Bonchev–Trinajstić information content (AvgIpc) is 1.12. The van der Waals surface area contributed by atoms with Gasteiger partial charge in [-0.05, 0) is 0 Å². The van der Waals surface area contributed by atoms with E-state index in [2.05, 4.69) is 0 Å². The molecule has 0 aromatic carbocycles. The topological polar surface area (TPSA) is 247 Å². The van der Waals surface area contributed by atoms with Gasteiger partial charge in [-0.1, -0.05) is 0 Å². The van der Waals surface area contributed by atoms with Gasteiger partial charge in [0.2, 0.25) is 0 Å². The van der Waals surface area contributed by atoms with Gasteiger partial charge in [-0.3, -0.25) is 18.2 Å². The fourth-order valence-electron chi connectivity index (χ4n) is 0. The summed E-state index contributed by atoms with van der Waals surface area (Å²) in [6, 6.07) is 0. The number of hydrogen-bond donors (Lipinski definition) is 5. The molecule has 92 valence electrons. The maximum atomic E-state index is 8.74. The molecule has 0 spiro atoms. The standard InChI is InChI=1S/Ca.H3N.2H2O4S.2H2O.2H/c;;2*1-5(2,3)4;;;;/h;1H3;2*(H2,1,2,3,4);2*1H2;;. The van der Waals surface area contributed by atoms with Gasteiger partial charge in [-0.15, -0.1) is 0 Å². The van der Waals surface area contributed by atoms with Crippen LogP contribution in [-0.2, 0) is 20.8 Å². The Morgan fingerprint density at radius 2 is 0.643 bits per heavy atom. The van der Waals surface area contributed by atoms with Crippen molar-refractivity contribution in [1.29, 1.82) is 0 Å². The molecule has 0 aliphatic heterocycles. The normalized spacial score (nSPS) is 8.29. The molecule has 0 aliphatic rings. The van der Waals surface area contributed by atoms with Crippen LogP contribution in [0.15, 0.2) is 0 Å². The Bertz CT molecular complexity index is 214. The van der Waals surface area contributed by atoms with E-state index in [0.717, 1.165) is 0 Å². The molecule has 0 unspecified atom stereocenters. The van der Waals surface area contributed by atoms with Crippen molar-refractivity contribution in [3.8, 4) is 0 Å². The van der Waals surface area contributed by atoms with Crippen LogP contribution in [0.5, 0.6) is 0 Å². The molecule has 11 nitrogen and oxygen atoms in total. The van der Waals surface area contributed by atoms with E-state index in [1.165, 1.54) is 0 Å². The Hall–Kier alpha value is 0.880. The van der Waals surface area contributed by atoms with E-state index < -0.39 is 20.8 Å². The van der Waals surface area contributed by atoms with E-state index in [1.807, 2.05) is 0 Å². The molecule has 0 heterocycles.